The van der Waals surface area contributed by atoms with Crippen LogP contribution in [0.1, 0.15) is 93.9 Å². The first kappa shape index (κ1) is 43.3. The molecular weight excluding hydrogens is 642 g/mol. The van der Waals surface area contributed by atoms with Gasteiger partial charge in [0.15, 0.2) is 0 Å². The van der Waals surface area contributed by atoms with Gasteiger partial charge in [0, 0.05) is 24.9 Å². The molecule has 276 valence electrons. The molecule has 0 aromatic heterocycles. The number of carboxylic acid groups (broad SMARTS) is 1. The van der Waals surface area contributed by atoms with Crippen molar-refractivity contribution in [2.24, 2.45) is 27.6 Å². The summed E-state index contributed by atoms with van der Waals surface area (Å²) < 4.78 is 10.8. The predicted molar refractivity (Wildman–Crippen MR) is 183 cm³/mol. The second kappa shape index (κ2) is 18.9. The highest BCUT2D eigenvalue weighted by Gasteiger charge is 2.51. The lowest BCUT2D eigenvalue weighted by Gasteiger charge is -2.43. The van der Waals surface area contributed by atoms with E-state index in [1.165, 1.54) is 11.8 Å². The first-order chi connectivity index (χ1) is 22.2. The number of aliphatic hydroxyl groups excluding tert-OH is 1. The quantitative estimate of drug-likeness (QED) is 0.0697. The van der Waals surface area contributed by atoms with Gasteiger partial charge >= 0.3 is 11.9 Å². The van der Waals surface area contributed by atoms with E-state index in [1.807, 2.05) is 34.6 Å². The number of aliphatic carboxylic acids is 1. The smallest absolute Gasteiger partial charge is 0.311 e. The Morgan fingerprint density at radius 3 is 2.06 bits per heavy atom. The third-order valence-corrected chi connectivity index (χ3v) is 9.96. The predicted octanol–water partition coefficient (Wildman–Crippen LogP) is 3.02. The normalized spacial score (nSPS) is 19.0. The molecule has 4 unspecified atom stereocenters. The lowest BCUT2D eigenvalue weighted by Crippen LogP contribution is -2.49. The molecule has 1 rings (SSSR count). The molecule has 1 saturated heterocycles. The lowest BCUT2D eigenvalue weighted by molar-refractivity contribution is -0.166. The van der Waals surface area contributed by atoms with Crippen LogP contribution in [0.2, 0.25) is 0 Å². The number of likely N-dealkylation sites (tertiary alicyclic amines) is 1. The molecule has 4 amide bonds. The molecule has 13 nitrogen and oxygen atoms in total. The van der Waals surface area contributed by atoms with Gasteiger partial charge in [0.25, 0.3) is 0 Å². The van der Waals surface area contributed by atoms with Crippen LogP contribution in [0, 0.1) is 27.6 Å². The number of nitrogens with zero attached hydrogens (tertiary/aromatic N) is 1. The number of rotatable bonds is 23. The first-order valence-corrected chi connectivity index (χ1v) is 18.0. The van der Waals surface area contributed by atoms with E-state index in [4.69, 9.17) is 14.6 Å². The number of carbonyl (C=O) groups is 6. The largest absolute Gasteiger partial charge is 0.481 e. The molecule has 1 heterocycles. The molecule has 0 aliphatic carbocycles. The van der Waals surface area contributed by atoms with Gasteiger partial charge in [0.05, 0.1) is 35.9 Å². The van der Waals surface area contributed by atoms with Gasteiger partial charge in [-0.3, -0.25) is 33.7 Å². The molecule has 4 N–H and O–H groups in total. The number of esters is 1. The zero-order chi connectivity index (χ0) is 36.9. The minimum Gasteiger partial charge on any atom is -0.481 e. The van der Waals surface area contributed by atoms with Crippen molar-refractivity contribution in [2.75, 3.05) is 52.3 Å². The molecule has 14 heteroatoms. The fourth-order valence-electron chi connectivity index (χ4n) is 6.80. The van der Waals surface area contributed by atoms with Crippen LogP contribution in [0.3, 0.4) is 0 Å². The fraction of sp³-hybridized carbons (Fsp3) is 0.824. The number of ether oxygens (including phenoxy) is 2. The Labute approximate surface area is 290 Å². The van der Waals surface area contributed by atoms with Crippen LogP contribution in [0.5, 0.6) is 0 Å². The van der Waals surface area contributed by atoms with Crippen LogP contribution in [-0.2, 0) is 38.2 Å². The van der Waals surface area contributed by atoms with Gasteiger partial charge in [-0.25, -0.2) is 0 Å². The summed E-state index contributed by atoms with van der Waals surface area (Å²) in [5.41, 5.74) is -4.15. The molecule has 1 aliphatic heterocycles. The van der Waals surface area contributed by atoms with Crippen molar-refractivity contribution in [2.45, 2.75) is 99.2 Å². The van der Waals surface area contributed by atoms with Gasteiger partial charge in [-0.2, -0.15) is 11.8 Å². The zero-order valence-electron chi connectivity index (χ0n) is 30.4. The Hall–Kier alpha value is -2.71. The standard InChI is InChI=1S/C34H59N3O10S/c1-10-31(4,5)20-34(8,30(45)47-16-15-46-14-13-38)22-33(7,29(43)44)21-32(6,18-23(2)3)28(42)36-12-11-35-25(39)19-37-26(40)17-24(48-9)27(37)41/h23-24,38H,10-22H2,1-9H3,(H,35,39)(H,36,42)(H,43,44). The van der Waals surface area contributed by atoms with Crippen LogP contribution in [0.25, 0.3) is 0 Å². The molecule has 1 fully saturated rings. The SMILES string of the molecule is CCC(C)(C)CC(C)(CC(C)(CC(C)(CC(C)C)C(=O)NCCNC(=O)CN1C(=O)CC(SC)C1=O)C(=O)O)C(=O)OCCOCCO. The molecule has 0 bridgehead atoms. The number of hydrogen-bond donors (Lipinski definition) is 4. The number of thioether (sulfide) groups is 1. The number of aliphatic hydroxyl groups is 1. The van der Waals surface area contributed by atoms with Gasteiger partial charge in [-0.05, 0) is 57.1 Å². The second-order valence-corrected chi connectivity index (χ2v) is 16.0. The van der Waals surface area contributed by atoms with Crippen LogP contribution < -0.4 is 10.6 Å². The van der Waals surface area contributed by atoms with Gasteiger partial charge < -0.3 is 30.3 Å². The number of nitrogens with one attached hydrogen (secondary N) is 2. The van der Waals surface area contributed by atoms with Gasteiger partial charge in [-0.1, -0.05) is 48.0 Å². The van der Waals surface area contributed by atoms with Crippen molar-refractivity contribution in [1.82, 2.24) is 15.5 Å². The van der Waals surface area contributed by atoms with Crippen molar-refractivity contribution in [3.63, 3.8) is 0 Å². The number of hydrogen-bond acceptors (Lipinski definition) is 10. The van der Waals surface area contributed by atoms with Crippen LogP contribution in [0.4, 0.5) is 0 Å². The van der Waals surface area contributed by atoms with E-state index >= 15 is 0 Å². The van der Waals surface area contributed by atoms with E-state index in [-0.39, 0.29) is 76.0 Å². The minimum absolute atomic E-state index is 0.0356. The molecule has 4 atom stereocenters. The van der Waals surface area contributed by atoms with E-state index < -0.39 is 57.7 Å². The summed E-state index contributed by atoms with van der Waals surface area (Å²) >= 11 is 1.26. The van der Waals surface area contributed by atoms with Crippen LogP contribution in [-0.4, -0.2) is 108 Å². The Morgan fingerprint density at radius 1 is 0.938 bits per heavy atom. The first-order valence-electron chi connectivity index (χ1n) is 16.7. The number of carboxylic acids is 1. The van der Waals surface area contributed by atoms with Crippen LogP contribution >= 0.6 is 11.8 Å². The lowest BCUT2D eigenvalue weighted by atomic mass is 9.60. The zero-order valence-corrected chi connectivity index (χ0v) is 31.2. The summed E-state index contributed by atoms with van der Waals surface area (Å²) in [4.78, 5) is 78.2. The summed E-state index contributed by atoms with van der Waals surface area (Å²) in [6, 6.07) is 0. The molecule has 0 radical (unpaired) electrons. The highest BCUT2D eigenvalue weighted by Crippen LogP contribution is 2.49. The average molecular weight is 702 g/mol. The van der Waals surface area contributed by atoms with Crippen molar-refractivity contribution >= 4 is 47.3 Å². The van der Waals surface area contributed by atoms with E-state index in [1.54, 1.807) is 27.0 Å². The summed E-state index contributed by atoms with van der Waals surface area (Å²) in [6.45, 7) is 14.6. The van der Waals surface area contributed by atoms with E-state index in [0.29, 0.717) is 12.8 Å². The third-order valence-electron chi connectivity index (χ3n) is 9.02. The molecule has 48 heavy (non-hydrogen) atoms. The average Bonchev–Trinajstić information content (AvgIpc) is 3.25. The Kier molecular flexibility index (Phi) is 17.0. The van der Waals surface area contributed by atoms with Crippen LogP contribution in [0.15, 0.2) is 0 Å². The fourth-order valence-corrected chi connectivity index (χ4v) is 7.44. The van der Waals surface area contributed by atoms with E-state index in [0.717, 1.165) is 11.3 Å². The summed E-state index contributed by atoms with van der Waals surface area (Å²) in [6.07, 6.45) is 3.13. The maximum absolute atomic E-state index is 13.7. The summed E-state index contributed by atoms with van der Waals surface area (Å²) in [5, 5.41) is 24.5. The maximum Gasteiger partial charge on any atom is 0.311 e. The minimum atomic E-state index is -1.50. The molecule has 0 saturated carbocycles. The Bertz CT molecular complexity index is 1150. The maximum atomic E-state index is 13.7. The number of amides is 4. The van der Waals surface area contributed by atoms with E-state index in [2.05, 4.69) is 10.6 Å². The van der Waals surface area contributed by atoms with Gasteiger partial charge in [0.1, 0.15) is 13.2 Å². The van der Waals surface area contributed by atoms with Crippen molar-refractivity contribution < 1.29 is 48.5 Å². The summed E-state index contributed by atoms with van der Waals surface area (Å²) in [7, 11) is 0. The van der Waals surface area contributed by atoms with Crippen molar-refractivity contribution in [3.8, 4) is 0 Å². The van der Waals surface area contributed by atoms with Crippen molar-refractivity contribution in [1.29, 1.82) is 0 Å². The van der Waals surface area contributed by atoms with Crippen molar-refractivity contribution in [3.05, 3.63) is 0 Å². The Balaban J connectivity index is 3.10. The molecular formula is C34H59N3O10S. The molecule has 0 aromatic rings. The number of imide groups is 1. The second-order valence-electron chi connectivity index (χ2n) is 15.0. The Morgan fingerprint density at radius 2 is 1.54 bits per heavy atom. The number of carbonyl (C=O) groups excluding carboxylic acids is 5. The summed E-state index contributed by atoms with van der Waals surface area (Å²) in [5.74, 6) is -3.35. The molecule has 0 aromatic carbocycles. The van der Waals surface area contributed by atoms with Gasteiger partial charge in [-0.15, -0.1) is 0 Å². The van der Waals surface area contributed by atoms with Gasteiger partial charge in [0.2, 0.25) is 23.6 Å². The molecule has 1 aliphatic rings. The highest BCUT2D eigenvalue weighted by molar-refractivity contribution is 8.00. The highest BCUT2D eigenvalue weighted by atomic mass is 32.2. The third kappa shape index (κ3) is 13.0. The van der Waals surface area contributed by atoms with E-state index in [9.17, 15) is 33.9 Å². The molecule has 0 spiro atoms. The topological polar surface area (TPSA) is 189 Å². The monoisotopic (exact) mass is 701 g/mol.